The summed E-state index contributed by atoms with van der Waals surface area (Å²) in [6, 6.07) is 12.0. The van der Waals surface area contributed by atoms with Crippen LogP contribution in [-0.4, -0.2) is 35.2 Å². The van der Waals surface area contributed by atoms with Crippen LogP contribution >= 0.6 is 0 Å². The highest BCUT2D eigenvalue weighted by Crippen LogP contribution is 2.21. The van der Waals surface area contributed by atoms with E-state index in [1.54, 1.807) is 0 Å². The minimum absolute atomic E-state index is 0.344. The number of benzene rings is 1. The number of hydrogen-bond acceptors (Lipinski definition) is 6. The third-order valence-corrected chi connectivity index (χ3v) is 5.34. The molecule has 0 saturated carbocycles. The Morgan fingerprint density at radius 2 is 1.76 bits per heavy atom. The summed E-state index contributed by atoms with van der Waals surface area (Å²) in [5.74, 6) is 0.570. The van der Waals surface area contributed by atoms with Gasteiger partial charge in [0.05, 0.1) is 29.4 Å². The van der Waals surface area contributed by atoms with Crippen molar-refractivity contribution in [2.75, 3.05) is 13.1 Å². The number of aromatic nitrogens is 1. The fourth-order valence-corrected chi connectivity index (χ4v) is 3.40. The van der Waals surface area contributed by atoms with Gasteiger partial charge in [-0.3, -0.25) is 9.98 Å². The van der Waals surface area contributed by atoms with E-state index in [0.717, 1.165) is 59.2 Å². The molecule has 0 radical (unpaired) electrons. The minimum atomic E-state index is 0.344. The van der Waals surface area contributed by atoms with Crippen molar-refractivity contribution in [1.82, 2.24) is 10.3 Å². The molecule has 6 heteroatoms. The molecular weight excluding hydrogens is 422 g/mol. The van der Waals surface area contributed by atoms with Gasteiger partial charge in [0.1, 0.15) is 12.4 Å². The SMILES string of the molecule is C=C(C)NCCc1ccc(COC(=C)c2ccccc2/C(C)=N/N=C(\C)C2=NCC(C)=C2)nc1. The van der Waals surface area contributed by atoms with Crippen LogP contribution in [0, 0.1) is 0 Å². The third kappa shape index (κ3) is 7.10. The Morgan fingerprint density at radius 3 is 2.41 bits per heavy atom. The van der Waals surface area contributed by atoms with Crippen molar-refractivity contribution in [1.29, 1.82) is 0 Å². The molecular formula is C28H33N5O. The first-order valence-electron chi connectivity index (χ1n) is 11.4. The van der Waals surface area contributed by atoms with E-state index in [0.29, 0.717) is 12.4 Å². The number of nitrogens with zero attached hydrogens (tertiary/aromatic N) is 4. The first kappa shape index (κ1) is 24.8. The molecule has 2 heterocycles. The number of hydrogen-bond donors (Lipinski definition) is 1. The van der Waals surface area contributed by atoms with Gasteiger partial charge in [0.25, 0.3) is 0 Å². The fourth-order valence-electron chi connectivity index (χ4n) is 3.40. The molecule has 0 fully saturated rings. The second kappa shape index (κ2) is 11.9. The maximum absolute atomic E-state index is 5.98. The van der Waals surface area contributed by atoms with Crippen molar-refractivity contribution in [2.24, 2.45) is 15.2 Å². The van der Waals surface area contributed by atoms with Gasteiger partial charge in [-0.1, -0.05) is 43.5 Å². The first-order chi connectivity index (χ1) is 16.3. The predicted octanol–water partition coefficient (Wildman–Crippen LogP) is 5.52. The average molecular weight is 456 g/mol. The lowest BCUT2D eigenvalue weighted by Gasteiger charge is -2.13. The van der Waals surface area contributed by atoms with Crippen molar-refractivity contribution in [2.45, 2.75) is 40.7 Å². The van der Waals surface area contributed by atoms with Crippen molar-refractivity contribution < 1.29 is 4.74 Å². The molecule has 3 rings (SSSR count). The van der Waals surface area contributed by atoms with Crippen LogP contribution < -0.4 is 5.32 Å². The van der Waals surface area contributed by atoms with E-state index in [4.69, 9.17) is 4.74 Å². The Bertz CT molecular complexity index is 1170. The summed E-state index contributed by atoms with van der Waals surface area (Å²) >= 11 is 0. The topological polar surface area (TPSA) is 71.2 Å². The van der Waals surface area contributed by atoms with Crippen LogP contribution in [0.3, 0.4) is 0 Å². The minimum Gasteiger partial charge on any atom is -0.487 e. The van der Waals surface area contributed by atoms with Gasteiger partial charge in [0.2, 0.25) is 0 Å². The molecule has 6 nitrogen and oxygen atoms in total. The molecule has 1 aromatic heterocycles. The molecule has 0 unspecified atom stereocenters. The summed E-state index contributed by atoms with van der Waals surface area (Å²) in [5, 5.41) is 12.1. The number of pyridine rings is 1. The normalized spacial score (nSPS) is 13.9. The summed E-state index contributed by atoms with van der Waals surface area (Å²) in [6.45, 7) is 17.8. The Labute approximate surface area is 202 Å². The highest BCUT2D eigenvalue weighted by molar-refractivity contribution is 6.46. The lowest BCUT2D eigenvalue weighted by atomic mass is 10.0. The Morgan fingerprint density at radius 1 is 1.03 bits per heavy atom. The lowest BCUT2D eigenvalue weighted by molar-refractivity contribution is 0.261. The number of aliphatic imine (C=N–C) groups is 1. The van der Waals surface area contributed by atoms with Crippen LogP contribution in [0.1, 0.15) is 50.1 Å². The van der Waals surface area contributed by atoms with Gasteiger partial charge in [-0.25, -0.2) is 0 Å². The summed E-state index contributed by atoms with van der Waals surface area (Å²) in [7, 11) is 0. The Kier molecular flexibility index (Phi) is 8.68. The van der Waals surface area contributed by atoms with E-state index >= 15 is 0 Å². The second-order valence-corrected chi connectivity index (χ2v) is 8.44. The van der Waals surface area contributed by atoms with Crippen LogP contribution in [0.4, 0.5) is 0 Å². The second-order valence-electron chi connectivity index (χ2n) is 8.44. The number of nitrogens with one attached hydrogen (secondary N) is 1. The monoisotopic (exact) mass is 455 g/mol. The Balaban J connectivity index is 1.63. The van der Waals surface area contributed by atoms with Crippen LogP contribution in [0.15, 0.2) is 88.3 Å². The molecule has 1 N–H and O–H groups in total. The molecule has 0 atom stereocenters. The quantitative estimate of drug-likeness (QED) is 0.275. The summed E-state index contributed by atoms with van der Waals surface area (Å²) < 4.78 is 5.98. The van der Waals surface area contributed by atoms with Gasteiger partial charge in [-0.05, 0) is 57.4 Å². The molecule has 2 aromatic rings. The maximum atomic E-state index is 5.98. The van der Waals surface area contributed by atoms with E-state index in [-0.39, 0.29) is 0 Å². The van der Waals surface area contributed by atoms with Crippen LogP contribution in [0.25, 0.3) is 5.76 Å². The number of ether oxygens (including phenoxy) is 1. The third-order valence-electron chi connectivity index (χ3n) is 5.34. The number of rotatable bonds is 11. The summed E-state index contributed by atoms with van der Waals surface area (Å²) in [5.41, 5.74) is 8.49. The Hall–Kier alpha value is -3.80. The smallest absolute Gasteiger partial charge is 0.130 e. The van der Waals surface area contributed by atoms with Crippen LogP contribution in [-0.2, 0) is 17.8 Å². The molecule has 0 saturated heterocycles. The highest BCUT2D eigenvalue weighted by atomic mass is 16.5. The fraction of sp³-hybridized carbons (Fsp3) is 0.286. The van der Waals surface area contributed by atoms with Gasteiger partial charge in [0, 0.05) is 29.6 Å². The van der Waals surface area contributed by atoms with Gasteiger partial charge in [-0.2, -0.15) is 10.2 Å². The van der Waals surface area contributed by atoms with Crippen molar-refractivity contribution in [3.05, 3.63) is 95.5 Å². The summed E-state index contributed by atoms with van der Waals surface area (Å²) in [6.07, 6.45) is 4.83. The molecule has 34 heavy (non-hydrogen) atoms. The molecule has 1 aliphatic rings. The molecule has 0 spiro atoms. The van der Waals surface area contributed by atoms with Gasteiger partial charge < -0.3 is 10.1 Å². The molecule has 0 aliphatic carbocycles. The maximum Gasteiger partial charge on any atom is 0.130 e. The van der Waals surface area contributed by atoms with Crippen molar-refractivity contribution in [3.8, 4) is 0 Å². The van der Waals surface area contributed by atoms with Crippen LogP contribution in [0.5, 0.6) is 0 Å². The molecule has 0 amide bonds. The van der Waals surface area contributed by atoms with Gasteiger partial charge >= 0.3 is 0 Å². The highest BCUT2D eigenvalue weighted by Gasteiger charge is 2.11. The zero-order valence-electron chi connectivity index (χ0n) is 20.6. The predicted molar refractivity (Wildman–Crippen MR) is 142 cm³/mol. The zero-order chi connectivity index (χ0) is 24.5. The van der Waals surface area contributed by atoms with Crippen LogP contribution in [0.2, 0.25) is 0 Å². The van der Waals surface area contributed by atoms with E-state index in [2.05, 4.69) is 51.6 Å². The zero-order valence-corrected chi connectivity index (χ0v) is 20.6. The molecule has 176 valence electrons. The van der Waals surface area contributed by atoms with Crippen molar-refractivity contribution >= 4 is 22.9 Å². The standard InChI is InChI=1S/C28H33N5O/c1-19(2)29-14-13-24-11-12-25(30-17-24)18-34-23(6)27-10-8-7-9-26(27)21(4)32-33-22(5)28-15-20(3)16-31-28/h7-12,15,17,29H,1,6,13-14,16,18H2,2-5H3/b32-21+,33-22+. The summed E-state index contributed by atoms with van der Waals surface area (Å²) in [4.78, 5) is 8.99. The van der Waals surface area contributed by atoms with E-state index in [1.807, 2.05) is 63.4 Å². The number of allylic oxidation sites excluding steroid dienone is 2. The van der Waals surface area contributed by atoms with E-state index < -0.39 is 0 Å². The average Bonchev–Trinajstić information content (AvgIpc) is 3.27. The molecule has 1 aromatic carbocycles. The molecule has 1 aliphatic heterocycles. The lowest BCUT2D eigenvalue weighted by Crippen LogP contribution is -2.14. The largest absolute Gasteiger partial charge is 0.487 e. The van der Waals surface area contributed by atoms with Crippen molar-refractivity contribution in [3.63, 3.8) is 0 Å². The van der Waals surface area contributed by atoms with Gasteiger partial charge in [-0.15, -0.1) is 0 Å². The van der Waals surface area contributed by atoms with E-state index in [9.17, 15) is 0 Å². The van der Waals surface area contributed by atoms with E-state index in [1.165, 1.54) is 11.1 Å². The van der Waals surface area contributed by atoms with Gasteiger partial charge in [0.15, 0.2) is 0 Å². The molecule has 0 bridgehead atoms. The first-order valence-corrected chi connectivity index (χ1v) is 11.4.